The van der Waals surface area contributed by atoms with E-state index in [0.717, 1.165) is 0 Å². The number of hydrogen-bond acceptors (Lipinski definition) is 4. The molecule has 0 aromatic heterocycles. The van der Waals surface area contributed by atoms with Gasteiger partial charge in [0.25, 0.3) is 5.91 Å². The van der Waals surface area contributed by atoms with Crippen molar-refractivity contribution in [2.45, 2.75) is 32.8 Å². The van der Waals surface area contributed by atoms with Crippen LogP contribution in [-0.4, -0.2) is 43.1 Å². The molecule has 0 atom stereocenters. The summed E-state index contributed by atoms with van der Waals surface area (Å²) >= 11 is 11.7. The second-order valence-corrected chi connectivity index (χ2v) is 7.25. The molecule has 0 heterocycles. The summed E-state index contributed by atoms with van der Waals surface area (Å²) in [4.78, 5) is 35.1. The van der Waals surface area contributed by atoms with Crippen molar-refractivity contribution in [1.29, 1.82) is 0 Å². The highest BCUT2D eigenvalue weighted by Gasteiger charge is 2.16. The summed E-state index contributed by atoms with van der Waals surface area (Å²) in [6, 6.07) is 4.58. The van der Waals surface area contributed by atoms with Gasteiger partial charge in [-0.1, -0.05) is 23.2 Å². The van der Waals surface area contributed by atoms with Gasteiger partial charge in [0.05, 0.1) is 10.6 Å². The van der Waals surface area contributed by atoms with Gasteiger partial charge in [0.2, 0.25) is 5.91 Å². The Hall–Kier alpha value is -1.99. The van der Waals surface area contributed by atoms with Crippen molar-refractivity contribution in [2.24, 2.45) is 0 Å². The van der Waals surface area contributed by atoms with Crippen LogP contribution in [0.3, 0.4) is 0 Å². The first-order valence-corrected chi connectivity index (χ1v) is 8.81. The molecule has 1 rings (SSSR count). The van der Waals surface area contributed by atoms with Crippen LogP contribution in [0.25, 0.3) is 0 Å². The Morgan fingerprint density at radius 3 is 2.27 bits per heavy atom. The molecule has 144 valence electrons. The van der Waals surface area contributed by atoms with Gasteiger partial charge in [-0.25, -0.2) is 4.79 Å². The Morgan fingerprint density at radius 1 is 1.00 bits per heavy atom. The molecule has 0 fully saturated rings. The zero-order valence-corrected chi connectivity index (χ0v) is 16.5. The molecule has 0 aliphatic heterocycles. The first-order chi connectivity index (χ1) is 12.1. The van der Waals surface area contributed by atoms with Crippen molar-refractivity contribution in [3.05, 3.63) is 33.8 Å². The Balaban J connectivity index is 2.20. The van der Waals surface area contributed by atoms with Crippen LogP contribution < -0.4 is 16.0 Å². The third-order valence-corrected chi connectivity index (χ3v) is 3.48. The van der Waals surface area contributed by atoms with Crippen molar-refractivity contribution in [3.63, 3.8) is 0 Å². The summed E-state index contributed by atoms with van der Waals surface area (Å²) < 4.78 is 5.06. The van der Waals surface area contributed by atoms with Crippen LogP contribution in [0.15, 0.2) is 18.2 Å². The number of amides is 3. The van der Waals surface area contributed by atoms with E-state index >= 15 is 0 Å². The fraction of sp³-hybridized carbons (Fsp3) is 0.471. The summed E-state index contributed by atoms with van der Waals surface area (Å²) in [7, 11) is 0. The monoisotopic (exact) mass is 403 g/mol. The van der Waals surface area contributed by atoms with E-state index in [9.17, 15) is 14.4 Å². The number of carbonyl (C=O) groups is 3. The van der Waals surface area contributed by atoms with E-state index in [1.807, 2.05) is 0 Å². The van der Waals surface area contributed by atoms with Crippen molar-refractivity contribution in [3.8, 4) is 0 Å². The van der Waals surface area contributed by atoms with Gasteiger partial charge in [-0.2, -0.15) is 0 Å². The Morgan fingerprint density at radius 2 is 1.65 bits per heavy atom. The fourth-order valence-corrected chi connectivity index (χ4v) is 2.32. The highest BCUT2D eigenvalue weighted by Crippen LogP contribution is 2.20. The van der Waals surface area contributed by atoms with Crippen LogP contribution in [0.2, 0.25) is 10.0 Å². The molecule has 0 saturated heterocycles. The predicted molar refractivity (Wildman–Crippen MR) is 101 cm³/mol. The lowest BCUT2D eigenvalue weighted by molar-refractivity contribution is -0.120. The predicted octanol–water partition coefficient (Wildman–Crippen LogP) is 2.75. The normalized spacial score (nSPS) is 10.8. The van der Waals surface area contributed by atoms with E-state index in [1.165, 1.54) is 12.1 Å². The first-order valence-electron chi connectivity index (χ1n) is 8.05. The average Bonchev–Trinajstić information content (AvgIpc) is 2.49. The van der Waals surface area contributed by atoms with E-state index in [4.69, 9.17) is 27.9 Å². The SMILES string of the molecule is CC(C)(C)OC(=O)NCCC(=O)NCCNC(=O)c1ccc(Cl)cc1Cl. The van der Waals surface area contributed by atoms with E-state index in [-0.39, 0.29) is 42.9 Å². The summed E-state index contributed by atoms with van der Waals surface area (Å²) in [6.45, 7) is 5.92. The molecule has 1 aromatic rings. The standard InChI is InChI=1S/C17H23Cl2N3O4/c1-17(2,3)26-16(25)22-7-6-14(23)20-8-9-21-15(24)12-5-4-11(18)10-13(12)19/h4-5,10H,6-9H2,1-3H3,(H,20,23)(H,21,24)(H,22,25). The molecule has 0 spiro atoms. The van der Waals surface area contributed by atoms with E-state index < -0.39 is 11.7 Å². The number of benzene rings is 1. The van der Waals surface area contributed by atoms with Crippen molar-refractivity contribution in [1.82, 2.24) is 16.0 Å². The topological polar surface area (TPSA) is 96.5 Å². The van der Waals surface area contributed by atoms with Crippen molar-refractivity contribution < 1.29 is 19.1 Å². The number of carbonyl (C=O) groups excluding carboxylic acids is 3. The molecule has 3 amide bonds. The lowest BCUT2D eigenvalue weighted by Gasteiger charge is -2.19. The molecule has 1 aromatic carbocycles. The van der Waals surface area contributed by atoms with Crippen LogP contribution in [-0.2, 0) is 9.53 Å². The largest absolute Gasteiger partial charge is 0.444 e. The number of alkyl carbamates (subject to hydrolysis) is 1. The van der Waals surface area contributed by atoms with Crippen LogP contribution >= 0.6 is 23.2 Å². The lowest BCUT2D eigenvalue weighted by Crippen LogP contribution is -2.37. The number of rotatable bonds is 7. The minimum Gasteiger partial charge on any atom is -0.444 e. The highest BCUT2D eigenvalue weighted by atomic mass is 35.5. The molecule has 9 heteroatoms. The molecule has 0 aliphatic rings. The van der Waals surface area contributed by atoms with Gasteiger partial charge >= 0.3 is 6.09 Å². The maximum Gasteiger partial charge on any atom is 0.407 e. The quantitative estimate of drug-likeness (QED) is 0.609. The minimum absolute atomic E-state index is 0.107. The number of ether oxygens (including phenoxy) is 1. The minimum atomic E-state index is -0.586. The molecule has 0 saturated carbocycles. The van der Waals surface area contributed by atoms with Gasteiger partial charge in [-0.3, -0.25) is 9.59 Å². The number of halogens is 2. The smallest absolute Gasteiger partial charge is 0.407 e. The number of hydrogen-bond donors (Lipinski definition) is 3. The Labute approximate surface area is 162 Å². The maximum absolute atomic E-state index is 12.0. The van der Waals surface area contributed by atoms with Gasteiger partial charge in [-0.05, 0) is 39.0 Å². The summed E-state index contributed by atoms with van der Waals surface area (Å²) in [6.07, 6.45) is -0.465. The molecular formula is C17H23Cl2N3O4. The van der Waals surface area contributed by atoms with Gasteiger partial charge in [0.1, 0.15) is 5.60 Å². The zero-order chi connectivity index (χ0) is 19.7. The van der Waals surface area contributed by atoms with Crippen molar-refractivity contribution >= 4 is 41.1 Å². The second-order valence-electron chi connectivity index (χ2n) is 6.41. The lowest BCUT2D eigenvalue weighted by atomic mass is 10.2. The Bertz CT molecular complexity index is 660. The molecule has 3 N–H and O–H groups in total. The van der Waals surface area contributed by atoms with Gasteiger partial charge in [0.15, 0.2) is 0 Å². The van der Waals surface area contributed by atoms with Crippen LogP contribution in [0.5, 0.6) is 0 Å². The highest BCUT2D eigenvalue weighted by molar-refractivity contribution is 6.36. The third-order valence-electron chi connectivity index (χ3n) is 2.93. The maximum atomic E-state index is 12.0. The summed E-state index contributed by atoms with van der Waals surface area (Å²) in [5.74, 6) is -0.604. The third kappa shape index (κ3) is 8.92. The second kappa shape index (κ2) is 10.2. The molecule has 0 radical (unpaired) electrons. The van der Waals surface area contributed by atoms with Crippen molar-refractivity contribution in [2.75, 3.05) is 19.6 Å². The average molecular weight is 404 g/mol. The van der Waals surface area contributed by atoms with Crippen LogP contribution in [0, 0.1) is 0 Å². The molecule has 7 nitrogen and oxygen atoms in total. The van der Waals surface area contributed by atoms with Gasteiger partial charge in [0, 0.05) is 31.1 Å². The van der Waals surface area contributed by atoms with Gasteiger partial charge in [-0.15, -0.1) is 0 Å². The first kappa shape index (κ1) is 22.1. The Kier molecular flexibility index (Phi) is 8.68. The molecule has 0 aliphatic carbocycles. The van der Waals surface area contributed by atoms with Gasteiger partial charge < -0.3 is 20.7 Å². The summed E-state index contributed by atoms with van der Waals surface area (Å²) in [5, 5.41) is 8.47. The summed E-state index contributed by atoms with van der Waals surface area (Å²) in [5.41, 5.74) is -0.277. The van der Waals surface area contributed by atoms with E-state index in [0.29, 0.717) is 10.6 Å². The molecular weight excluding hydrogens is 381 g/mol. The zero-order valence-electron chi connectivity index (χ0n) is 14.9. The van der Waals surface area contributed by atoms with E-state index in [1.54, 1.807) is 26.8 Å². The van der Waals surface area contributed by atoms with Crippen LogP contribution in [0.4, 0.5) is 4.79 Å². The van der Waals surface area contributed by atoms with Crippen LogP contribution in [0.1, 0.15) is 37.6 Å². The molecule has 0 unspecified atom stereocenters. The number of nitrogens with one attached hydrogen (secondary N) is 3. The fourth-order valence-electron chi connectivity index (χ4n) is 1.83. The molecule has 0 bridgehead atoms. The molecule has 26 heavy (non-hydrogen) atoms. The van der Waals surface area contributed by atoms with E-state index in [2.05, 4.69) is 16.0 Å².